The summed E-state index contributed by atoms with van der Waals surface area (Å²) >= 11 is 0. The molecule has 0 fully saturated rings. The summed E-state index contributed by atoms with van der Waals surface area (Å²) in [4.78, 5) is 2.36. The number of anilines is 2. The summed E-state index contributed by atoms with van der Waals surface area (Å²) < 4.78 is 0. The summed E-state index contributed by atoms with van der Waals surface area (Å²) in [5.41, 5.74) is 2.50. The Morgan fingerprint density at radius 2 is 1.33 bits per heavy atom. The monoisotopic (exact) mass is 240 g/mol. The molecule has 94 valence electrons. The smallest absolute Gasteiger partial charge is 0.0410 e. The van der Waals surface area contributed by atoms with Gasteiger partial charge in [-0.3, -0.25) is 0 Å². The Morgan fingerprint density at radius 1 is 0.833 bits per heavy atom. The minimum atomic E-state index is 1.02. The van der Waals surface area contributed by atoms with E-state index in [0.717, 1.165) is 19.5 Å². The van der Waals surface area contributed by atoms with Gasteiger partial charge in [-0.05, 0) is 44.3 Å². The van der Waals surface area contributed by atoms with E-state index in [1.165, 1.54) is 11.4 Å². The Hall–Kier alpha value is -1.80. The molecule has 2 nitrogen and oxygen atoms in total. The summed E-state index contributed by atoms with van der Waals surface area (Å²) in [6.45, 7) is 2.06. The highest BCUT2D eigenvalue weighted by molar-refractivity contribution is 5.62. The highest BCUT2D eigenvalue weighted by Gasteiger charge is 2.07. The third kappa shape index (κ3) is 3.34. The topological polar surface area (TPSA) is 15.3 Å². The minimum Gasteiger partial charge on any atom is -0.341 e. The fraction of sp³-hybridized carbons (Fsp3) is 0.250. The molecule has 0 heterocycles. The van der Waals surface area contributed by atoms with Crippen LogP contribution in [-0.2, 0) is 0 Å². The van der Waals surface area contributed by atoms with Crippen LogP contribution in [0.15, 0.2) is 60.7 Å². The molecule has 0 saturated carbocycles. The van der Waals surface area contributed by atoms with E-state index in [4.69, 9.17) is 0 Å². The molecule has 0 amide bonds. The van der Waals surface area contributed by atoms with Crippen LogP contribution in [-0.4, -0.2) is 20.1 Å². The fourth-order valence-corrected chi connectivity index (χ4v) is 2.04. The standard InChI is InChI=1S/C16H20N2/c1-17-13-8-14-18(15-9-4-2-5-10-15)16-11-6-3-7-12-16/h2-7,9-12,17H,8,13-14H2,1H3. The molecule has 0 radical (unpaired) electrons. The van der Waals surface area contributed by atoms with Gasteiger partial charge >= 0.3 is 0 Å². The van der Waals surface area contributed by atoms with Crippen LogP contribution in [0.4, 0.5) is 11.4 Å². The molecular formula is C16H20N2. The van der Waals surface area contributed by atoms with E-state index in [0.29, 0.717) is 0 Å². The largest absolute Gasteiger partial charge is 0.341 e. The molecule has 18 heavy (non-hydrogen) atoms. The molecule has 0 aromatic heterocycles. The molecule has 0 unspecified atom stereocenters. The van der Waals surface area contributed by atoms with Crippen molar-refractivity contribution < 1.29 is 0 Å². The molecule has 0 saturated heterocycles. The third-order valence-electron chi connectivity index (χ3n) is 2.94. The second-order valence-electron chi connectivity index (χ2n) is 4.28. The number of hydrogen-bond acceptors (Lipinski definition) is 2. The number of nitrogens with zero attached hydrogens (tertiary/aromatic N) is 1. The van der Waals surface area contributed by atoms with Gasteiger partial charge in [0.05, 0.1) is 0 Å². The van der Waals surface area contributed by atoms with E-state index >= 15 is 0 Å². The second-order valence-corrected chi connectivity index (χ2v) is 4.28. The zero-order valence-corrected chi connectivity index (χ0v) is 10.8. The number of hydrogen-bond donors (Lipinski definition) is 1. The third-order valence-corrected chi connectivity index (χ3v) is 2.94. The van der Waals surface area contributed by atoms with Gasteiger partial charge in [0.2, 0.25) is 0 Å². The van der Waals surface area contributed by atoms with Crippen LogP contribution in [0.25, 0.3) is 0 Å². The molecule has 0 atom stereocenters. The van der Waals surface area contributed by atoms with E-state index < -0.39 is 0 Å². The van der Waals surface area contributed by atoms with Crippen molar-refractivity contribution in [2.75, 3.05) is 25.0 Å². The van der Waals surface area contributed by atoms with Gasteiger partial charge in [-0.2, -0.15) is 0 Å². The summed E-state index contributed by atoms with van der Waals surface area (Å²) in [6, 6.07) is 21.1. The zero-order chi connectivity index (χ0) is 12.6. The van der Waals surface area contributed by atoms with Crippen molar-refractivity contribution in [3.05, 3.63) is 60.7 Å². The van der Waals surface area contributed by atoms with Crippen molar-refractivity contribution in [3.8, 4) is 0 Å². The van der Waals surface area contributed by atoms with Crippen LogP contribution < -0.4 is 10.2 Å². The van der Waals surface area contributed by atoms with Crippen LogP contribution >= 0.6 is 0 Å². The lowest BCUT2D eigenvalue weighted by atomic mass is 10.2. The van der Waals surface area contributed by atoms with Gasteiger partial charge < -0.3 is 10.2 Å². The normalized spacial score (nSPS) is 10.3. The molecule has 2 aromatic rings. The first-order chi connectivity index (χ1) is 8.92. The summed E-state index contributed by atoms with van der Waals surface area (Å²) in [7, 11) is 2.00. The maximum atomic E-state index is 3.20. The second kappa shape index (κ2) is 6.82. The fourth-order valence-electron chi connectivity index (χ4n) is 2.04. The Balaban J connectivity index is 2.18. The minimum absolute atomic E-state index is 1.02. The van der Waals surface area contributed by atoms with Gasteiger partial charge in [0, 0.05) is 17.9 Å². The molecular weight excluding hydrogens is 220 g/mol. The van der Waals surface area contributed by atoms with Crippen LogP contribution in [0.2, 0.25) is 0 Å². The molecule has 0 aliphatic carbocycles. The van der Waals surface area contributed by atoms with Crippen LogP contribution in [0.1, 0.15) is 6.42 Å². The summed E-state index contributed by atoms with van der Waals surface area (Å²) in [5, 5.41) is 3.20. The van der Waals surface area contributed by atoms with Crippen LogP contribution in [0.5, 0.6) is 0 Å². The number of para-hydroxylation sites is 2. The van der Waals surface area contributed by atoms with Gasteiger partial charge in [0.15, 0.2) is 0 Å². The van der Waals surface area contributed by atoms with E-state index in [2.05, 4.69) is 70.9 Å². The SMILES string of the molecule is CNCCCN(c1ccccc1)c1ccccc1. The van der Waals surface area contributed by atoms with Gasteiger partial charge in [0.1, 0.15) is 0 Å². The van der Waals surface area contributed by atoms with Gasteiger partial charge in [-0.25, -0.2) is 0 Å². The van der Waals surface area contributed by atoms with Crippen molar-refractivity contribution in [1.82, 2.24) is 5.32 Å². The first kappa shape index (κ1) is 12.7. The Morgan fingerprint density at radius 3 is 1.78 bits per heavy atom. The lowest BCUT2D eigenvalue weighted by Crippen LogP contribution is -2.21. The summed E-state index contributed by atoms with van der Waals surface area (Å²) in [5.74, 6) is 0. The number of benzene rings is 2. The van der Waals surface area contributed by atoms with Crippen LogP contribution in [0, 0.1) is 0 Å². The molecule has 0 spiro atoms. The van der Waals surface area contributed by atoms with E-state index in [1.54, 1.807) is 0 Å². The quantitative estimate of drug-likeness (QED) is 0.778. The molecule has 2 heteroatoms. The average Bonchev–Trinajstić information content (AvgIpc) is 2.46. The first-order valence-electron chi connectivity index (χ1n) is 6.44. The molecule has 0 aliphatic heterocycles. The zero-order valence-electron chi connectivity index (χ0n) is 10.8. The maximum Gasteiger partial charge on any atom is 0.0410 e. The highest BCUT2D eigenvalue weighted by Crippen LogP contribution is 2.24. The molecule has 0 aliphatic rings. The van der Waals surface area contributed by atoms with E-state index in [-0.39, 0.29) is 0 Å². The van der Waals surface area contributed by atoms with Gasteiger partial charge in [0.25, 0.3) is 0 Å². The number of rotatable bonds is 6. The highest BCUT2D eigenvalue weighted by atomic mass is 15.1. The lowest BCUT2D eigenvalue weighted by Gasteiger charge is -2.25. The van der Waals surface area contributed by atoms with Crippen molar-refractivity contribution in [2.24, 2.45) is 0 Å². The van der Waals surface area contributed by atoms with E-state index in [9.17, 15) is 0 Å². The van der Waals surface area contributed by atoms with Gasteiger partial charge in [-0.15, -0.1) is 0 Å². The van der Waals surface area contributed by atoms with E-state index in [1.807, 2.05) is 7.05 Å². The Labute approximate surface area is 109 Å². The predicted octanol–water partition coefficient (Wildman–Crippen LogP) is 3.43. The number of nitrogens with one attached hydrogen (secondary N) is 1. The molecule has 2 aromatic carbocycles. The Bertz CT molecular complexity index is 400. The van der Waals surface area contributed by atoms with Crippen LogP contribution in [0.3, 0.4) is 0 Å². The van der Waals surface area contributed by atoms with Crippen molar-refractivity contribution in [2.45, 2.75) is 6.42 Å². The lowest BCUT2D eigenvalue weighted by molar-refractivity contribution is 0.723. The Kier molecular flexibility index (Phi) is 4.79. The molecule has 0 bridgehead atoms. The predicted molar refractivity (Wildman–Crippen MR) is 78.4 cm³/mol. The average molecular weight is 240 g/mol. The molecule has 2 rings (SSSR count). The summed E-state index contributed by atoms with van der Waals surface area (Å²) in [6.07, 6.45) is 1.13. The molecule has 1 N–H and O–H groups in total. The van der Waals surface area contributed by atoms with Gasteiger partial charge in [-0.1, -0.05) is 36.4 Å². The van der Waals surface area contributed by atoms with Crippen molar-refractivity contribution in [3.63, 3.8) is 0 Å². The van der Waals surface area contributed by atoms with Crippen molar-refractivity contribution in [1.29, 1.82) is 0 Å². The first-order valence-corrected chi connectivity index (χ1v) is 6.44. The maximum absolute atomic E-state index is 3.20. The van der Waals surface area contributed by atoms with Crippen molar-refractivity contribution >= 4 is 11.4 Å².